The summed E-state index contributed by atoms with van der Waals surface area (Å²) in [6.45, 7) is 3.96. The highest BCUT2D eigenvalue weighted by atomic mass is 16.6. The van der Waals surface area contributed by atoms with Crippen molar-refractivity contribution in [3.8, 4) is 0 Å². The van der Waals surface area contributed by atoms with E-state index in [1.807, 2.05) is 12.2 Å². The highest BCUT2D eigenvalue weighted by Gasteiger charge is 2.13. The molecule has 0 aliphatic rings. The van der Waals surface area contributed by atoms with Crippen LogP contribution in [0.4, 0.5) is 0 Å². The zero-order valence-corrected chi connectivity index (χ0v) is 29.9. The molecule has 2 atom stereocenters. The van der Waals surface area contributed by atoms with Gasteiger partial charge >= 0.3 is 11.9 Å². The molecule has 47 heavy (non-hydrogen) atoms. The molecule has 0 aromatic rings. The summed E-state index contributed by atoms with van der Waals surface area (Å²) < 4.78 is 10.2. The number of hydrogen-bond donors (Lipinski definition) is 2. The van der Waals surface area contributed by atoms with Crippen molar-refractivity contribution in [1.29, 1.82) is 0 Å². The molecule has 0 spiro atoms. The summed E-state index contributed by atoms with van der Waals surface area (Å²) in [5, 5.41) is 20.0. The van der Waals surface area contributed by atoms with Crippen molar-refractivity contribution in [2.45, 2.75) is 161 Å². The number of unbranched alkanes of at least 4 members (excludes halogenated alkanes) is 12. The van der Waals surface area contributed by atoms with Gasteiger partial charge in [0.05, 0.1) is 6.10 Å². The van der Waals surface area contributed by atoms with Gasteiger partial charge in [-0.3, -0.25) is 9.59 Å². The first-order chi connectivity index (χ1) is 23.0. The summed E-state index contributed by atoms with van der Waals surface area (Å²) in [5.41, 5.74) is 0. The molecule has 0 aliphatic carbocycles. The fourth-order valence-corrected chi connectivity index (χ4v) is 4.72. The second-order valence-electron chi connectivity index (χ2n) is 12.2. The minimum atomic E-state index is -1.06. The van der Waals surface area contributed by atoms with Crippen LogP contribution >= 0.6 is 0 Å². The van der Waals surface area contributed by atoms with E-state index in [4.69, 9.17) is 9.47 Å². The molecule has 6 heteroatoms. The Morgan fingerprint density at radius 2 is 0.957 bits per heavy atom. The molecule has 0 aliphatic heterocycles. The summed E-state index contributed by atoms with van der Waals surface area (Å²) in [6.07, 6.45) is 44.3. The predicted molar refractivity (Wildman–Crippen MR) is 197 cm³/mol. The molecule has 0 heterocycles. The lowest BCUT2D eigenvalue weighted by Crippen LogP contribution is -2.25. The molecule has 0 saturated heterocycles. The number of rotatable bonds is 32. The van der Waals surface area contributed by atoms with E-state index in [2.05, 4.69) is 62.5 Å². The number of hydrogen-bond acceptors (Lipinski definition) is 6. The number of allylic oxidation sites excluding steroid dienone is 11. The Balaban J connectivity index is 3.72. The Hall–Kier alpha value is -2.70. The van der Waals surface area contributed by atoms with Gasteiger partial charge in [0, 0.05) is 12.8 Å². The number of esters is 2. The van der Waals surface area contributed by atoms with E-state index < -0.39 is 18.2 Å². The molecule has 2 N–H and O–H groups in total. The average Bonchev–Trinajstić information content (AvgIpc) is 3.07. The maximum absolute atomic E-state index is 12.0. The van der Waals surface area contributed by atoms with Crippen molar-refractivity contribution in [1.82, 2.24) is 0 Å². The van der Waals surface area contributed by atoms with Crippen LogP contribution in [0.1, 0.15) is 149 Å². The number of carbonyl (C=O) groups excluding carboxylic acids is 2. The Labute approximate surface area is 287 Å². The van der Waals surface area contributed by atoms with Gasteiger partial charge in [-0.1, -0.05) is 164 Å². The third-order valence-electron chi connectivity index (χ3n) is 7.57. The summed E-state index contributed by atoms with van der Waals surface area (Å²) in [4.78, 5) is 23.9. The van der Waals surface area contributed by atoms with E-state index in [1.54, 1.807) is 12.2 Å². The smallest absolute Gasteiger partial charge is 0.305 e. The lowest BCUT2D eigenvalue weighted by atomic mass is 10.0. The molecule has 0 bridgehead atoms. The average molecular weight is 657 g/mol. The predicted octanol–water partition coefficient (Wildman–Crippen LogP) is 10.4. The van der Waals surface area contributed by atoms with Crippen LogP contribution in [-0.4, -0.2) is 47.6 Å². The molecule has 0 saturated carbocycles. The van der Waals surface area contributed by atoms with Gasteiger partial charge in [-0.25, -0.2) is 0 Å². The second kappa shape index (κ2) is 36.1. The summed E-state index contributed by atoms with van der Waals surface area (Å²) >= 11 is 0. The monoisotopic (exact) mass is 657 g/mol. The molecular formula is C41H68O6. The zero-order chi connectivity index (χ0) is 34.5. The van der Waals surface area contributed by atoms with E-state index in [1.165, 1.54) is 64.2 Å². The Morgan fingerprint density at radius 1 is 0.532 bits per heavy atom. The first kappa shape index (κ1) is 44.3. The third-order valence-corrected chi connectivity index (χ3v) is 7.57. The molecule has 0 aromatic carbocycles. The van der Waals surface area contributed by atoms with Crippen molar-refractivity contribution >= 4 is 11.9 Å². The Kier molecular flexibility index (Phi) is 34.1. The summed E-state index contributed by atoms with van der Waals surface area (Å²) in [5.74, 6) is -0.842. The fourth-order valence-electron chi connectivity index (χ4n) is 4.72. The lowest BCUT2D eigenvalue weighted by molar-refractivity contribution is -0.152. The first-order valence-electron chi connectivity index (χ1n) is 18.6. The number of carbonyl (C=O) groups is 2. The van der Waals surface area contributed by atoms with Crippen molar-refractivity contribution in [2.75, 3.05) is 13.2 Å². The van der Waals surface area contributed by atoms with Gasteiger partial charge in [0.25, 0.3) is 0 Å². The highest BCUT2D eigenvalue weighted by molar-refractivity contribution is 5.69. The molecule has 0 aromatic heterocycles. The van der Waals surface area contributed by atoms with Crippen LogP contribution in [0.3, 0.4) is 0 Å². The Morgan fingerprint density at radius 3 is 1.45 bits per heavy atom. The van der Waals surface area contributed by atoms with Crippen LogP contribution < -0.4 is 0 Å². The molecule has 0 fully saturated rings. The van der Waals surface area contributed by atoms with Gasteiger partial charge in [-0.2, -0.15) is 0 Å². The van der Waals surface area contributed by atoms with Crippen molar-refractivity contribution in [3.63, 3.8) is 0 Å². The maximum Gasteiger partial charge on any atom is 0.305 e. The largest absolute Gasteiger partial charge is 0.463 e. The maximum atomic E-state index is 12.0. The SMILES string of the molecule is CC/C=C\C/C=C\C/C=C\C/C=C\C/C=C\C=C/C(O)CCC(=O)OC[C@@H](O)COC(=O)CCCCCCCCCCCCCCC. The van der Waals surface area contributed by atoms with E-state index in [0.717, 1.165) is 51.4 Å². The van der Waals surface area contributed by atoms with Gasteiger partial charge < -0.3 is 19.7 Å². The van der Waals surface area contributed by atoms with Crippen LogP contribution in [0.5, 0.6) is 0 Å². The van der Waals surface area contributed by atoms with Crippen molar-refractivity contribution < 1.29 is 29.3 Å². The number of ether oxygens (including phenoxy) is 2. The second-order valence-corrected chi connectivity index (χ2v) is 12.2. The fraction of sp³-hybridized carbons (Fsp3) is 0.659. The third kappa shape index (κ3) is 36.0. The van der Waals surface area contributed by atoms with Gasteiger partial charge in [0.15, 0.2) is 0 Å². The highest BCUT2D eigenvalue weighted by Crippen LogP contribution is 2.13. The molecule has 268 valence electrons. The van der Waals surface area contributed by atoms with E-state index in [-0.39, 0.29) is 32.0 Å². The van der Waals surface area contributed by atoms with Crippen LogP contribution in [0.2, 0.25) is 0 Å². The lowest BCUT2D eigenvalue weighted by Gasteiger charge is -2.12. The van der Waals surface area contributed by atoms with Gasteiger partial charge in [0.1, 0.15) is 19.3 Å². The zero-order valence-electron chi connectivity index (χ0n) is 29.9. The minimum absolute atomic E-state index is 0.0305. The van der Waals surface area contributed by atoms with Crippen LogP contribution in [0.15, 0.2) is 72.9 Å². The van der Waals surface area contributed by atoms with E-state index in [0.29, 0.717) is 6.42 Å². The standard InChI is InChI=1S/C41H68O6/c1-3-5-7-9-11-13-15-17-18-19-21-22-24-26-28-30-32-38(42)34-35-41(45)47-37-39(43)36-46-40(44)33-31-29-27-25-23-20-16-14-12-10-8-6-4-2/h5,7,11,13,17-18,21-22,26,28,30,32,38-39,42-43H,3-4,6,8-10,12,14-16,19-20,23-25,27,29,31,33-37H2,1-2H3/b7-5-,13-11-,18-17-,22-21-,28-26-,32-30-/t38?,39-/m0/s1. The van der Waals surface area contributed by atoms with Crippen molar-refractivity contribution in [2.24, 2.45) is 0 Å². The molecule has 0 radical (unpaired) electrons. The molecule has 0 rings (SSSR count). The van der Waals surface area contributed by atoms with Gasteiger partial charge in [-0.05, 0) is 44.9 Å². The van der Waals surface area contributed by atoms with Gasteiger partial charge in [0.2, 0.25) is 0 Å². The normalized spacial score (nSPS) is 13.7. The number of aliphatic hydroxyl groups is 2. The first-order valence-corrected chi connectivity index (χ1v) is 18.6. The topological polar surface area (TPSA) is 93.1 Å². The summed E-state index contributed by atoms with van der Waals surface area (Å²) in [7, 11) is 0. The van der Waals surface area contributed by atoms with E-state index >= 15 is 0 Å². The minimum Gasteiger partial charge on any atom is -0.463 e. The van der Waals surface area contributed by atoms with Crippen LogP contribution in [0, 0.1) is 0 Å². The quantitative estimate of drug-likeness (QED) is 0.0324. The number of aliphatic hydroxyl groups excluding tert-OH is 2. The van der Waals surface area contributed by atoms with Gasteiger partial charge in [-0.15, -0.1) is 0 Å². The van der Waals surface area contributed by atoms with E-state index in [9.17, 15) is 19.8 Å². The summed E-state index contributed by atoms with van der Waals surface area (Å²) in [6, 6.07) is 0. The van der Waals surface area contributed by atoms with Crippen molar-refractivity contribution in [3.05, 3.63) is 72.9 Å². The molecule has 1 unspecified atom stereocenters. The Bertz CT molecular complexity index is 898. The van der Waals surface area contributed by atoms with Crippen LogP contribution in [0.25, 0.3) is 0 Å². The molecule has 6 nitrogen and oxygen atoms in total. The van der Waals surface area contributed by atoms with Crippen LogP contribution in [-0.2, 0) is 19.1 Å². The molecular weight excluding hydrogens is 588 g/mol. The molecule has 0 amide bonds.